The number of ether oxygens (including phenoxy) is 2. The number of thiazole rings is 1. The number of halogens is 1. The first-order valence-corrected chi connectivity index (χ1v) is 8.02. The SMILES string of the molecule is COCCOc1ccc(-c2ccc3nc(Br)sc3n2)cc1. The molecule has 0 aliphatic rings. The molecule has 0 saturated carbocycles. The Hall–Kier alpha value is -1.50. The standard InChI is InChI=1S/C15H13BrN2O2S/c1-19-8-9-20-11-4-2-10(3-5-11)12-6-7-13-14(17-12)21-15(16)18-13/h2-7H,8-9H2,1H3. The number of hydrogen-bond acceptors (Lipinski definition) is 5. The quantitative estimate of drug-likeness (QED) is 0.638. The van der Waals surface area contributed by atoms with Crippen molar-refractivity contribution in [2.45, 2.75) is 0 Å². The van der Waals surface area contributed by atoms with Gasteiger partial charge in [0.1, 0.15) is 22.7 Å². The minimum atomic E-state index is 0.551. The van der Waals surface area contributed by atoms with Gasteiger partial charge in [-0.05, 0) is 52.3 Å². The van der Waals surface area contributed by atoms with Crippen LogP contribution in [0.5, 0.6) is 5.75 Å². The van der Waals surface area contributed by atoms with Gasteiger partial charge in [-0.3, -0.25) is 0 Å². The predicted molar refractivity (Wildman–Crippen MR) is 87.9 cm³/mol. The zero-order chi connectivity index (χ0) is 14.7. The van der Waals surface area contributed by atoms with Gasteiger partial charge < -0.3 is 9.47 Å². The molecular weight excluding hydrogens is 352 g/mol. The van der Waals surface area contributed by atoms with Crippen molar-refractivity contribution in [3.05, 3.63) is 40.3 Å². The van der Waals surface area contributed by atoms with Crippen LogP contribution in [0.1, 0.15) is 0 Å². The molecule has 0 fully saturated rings. The maximum atomic E-state index is 5.55. The van der Waals surface area contributed by atoms with Gasteiger partial charge in [-0.2, -0.15) is 0 Å². The fourth-order valence-electron chi connectivity index (χ4n) is 1.92. The first kappa shape index (κ1) is 14.4. The smallest absolute Gasteiger partial charge is 0.161 e. The maximum Gasteiger partial charge on any atom is 0.161 e. The molecule has 2 heterocycles. The summed E-state index contributed by atoms with van der Waals surface area (Å²) in [5.41, 5.74) is 2.90. The fraction of sp³-hybridized carbons (Fsp3) is 0.200. The first-order chi connectivity index (χ1) is 10.3. The van der Waals surface area contributed by atoms with Crippen LogP contribution in [0, 0.1) is 0 Å². The Bertz CT molecular complexity index is 743. The molecule has 1 aromatic carbocycles. The molecule has 3 aromatic rings. The topological polar surface area (TPSA) is 44.2 Å². The third-order valence-corrected chi connectivity index (χ3v) is 4.35. The summed E-state index contributed by atoms with van der Waals surface area (Å²) in [6.45, 7) is 1.13. The Morgan fingerprint density at radius 2 is 1.86 bits per heavy atom. The van der Waals surface area contributed by atoms with Crippen LogP contribution < -0.4 is 4.74 Å². The van der Waals surface area contributed by atoms with Crippen molar-refractivity contribution < 1.29 is 9.47 Å². The van der Waals surface area contributed by atoms with Crippen molar-refractivity contribution in [3.8, 4) is 17.0 Å². The van der Waals surface area contributed by atoms with E-state index in [0.29, 0.717) is 13.2 Å². The molecule has 2 aromatic heterocycles. The summed E-state index contributed by atoms with van der Waals surface area (Å²) in [5.74, 6) is 0.831. The van der Waals surface area contributed by atoms with Crippen LogP contribution in [-0.4, -0.2) is 30.3 Å². The molecule has 21 heavy (non-hydrogen) atoms. The van der Waals surface area contributed by atoms with E-state index in [-0.39, 0.29) is 0 Å². The van der Waals surface area contributed by atoms with Crippen molar-refractivity contribution in [3.63, 3.8) is 0 Å². The average molecular weight is 365 g/mol. The number of pyridine rings is 1. The zero-order valence-electron chi connectivity index (χ0n) is 11.4. The molecule has 0 aliphatic heterocycles. The number of nitrogens with zero attached hydrogens (tertiary/aromatic N) is 2. The zero-order valence-corrected chi connectivity index (χ0v) is 13.8. The highest BCUT2D eigenvalue weighted by Crippen LogP contribution is 2.28. The van der Waals surface area contributed by atoms with Gasteiger partial charge in [0.2, 0.25) is 0 Å². The summed E-state index contributed by atoms with van der Waals surface area (Å²) in [7, 11) is 1.66. The van der Waals surface area contributed by atoms with E-state index in [1.54, 1.807) is 7.11 Å². The minimum absolute atomic E-state index is 0.551. The van der Waals surface area contributed by atoms with Crippen LogP contribution in [0.3, 0.4) is 0 Å². The molecule has 0 saturated heterocycles. The van der Waals surface area contributed by atoms with Gasteiger partial charge in [0.25, 0.3) is 0 Å². The lowest BCUT2D eigenvalue weighted by atomic mass is 10.1. The monoisotopic (exact) mass is 364 g/mol. The van der Waals surface area contributed by atoms with E-state index in [1.165, 1.54) is 11.3 Å². The van der Waals surface area contributed by atoms with Crippen LogP contribution in [0.15, 0.2) is 40.3 Å². The van der Waals surface area contributed by atoms with Gasteiger partial charge in [0.05, 0.1) is 12.3 Å². The summed E-state index contributed by atoms with van der Waals surface area (Å²) >= 11 is 4.92. The molecule has 0 atom stereocenters. The summed E-state index contributed by atoms with van der Waals surface area (Å²) < 4.78 is 11.4. The molecule has 0 unspecified atom stereocenters. The van der Waals surface area contributed by atoms with Crippen LogP contribution in [-0.2, 0) is 4.74 Å². The average Bonchev–Trinajstić information content (AvgIpc) is 2.87. The second kappa shape index (κ2) is 6.51. The molecule has 4 nitrogen and oxygen atoms in total. The van der Waals surface area contributed by atoms with Gasteiger partial charge in [-0.15, -0.1) is 0 Å². The maximum absolute atomic E-state index is 5.55. The van der Waals surface area contributed by atoms with E-state index >= 15 is 0 Å². The number of methoxy groups -OCH3 is 1. The largest absolute Gasteiger partial charge is 0.491 e. The van der Waals surface area contributed by atoms with E-state index in [9.17, 15) is 0 Å². The normalized spacial score (nSPS) is 11.0. The number of hydrogen-bond donors (Lipinski definition) is 0. The van der Waals surface area contributed by atoms with Crippen molar-refractivity contribution in [2.24, 2.45) is 0 Å². The fourth-order valence-corrected chi connectivity index (χ4v) is 3.23. The van der Waals surface area contributed by atoms with Crippen molar-refractivity contribution in [1.82, 2.24) is 9.97 Å². The summed E-state index contributed by atoms with van der Waals surface area (Å²) in [6.07, 6.45) is 0. The van der Waals surface area contributed by atoms with Gasteiger partial charge in [0.15, 0.2) is 3.92 Å². The van der Waals surface area contributed by atoms with Crippen LogP contribution in [0.2, 0.25) is 0 Å². The van der Waals surface area contributed by atoms with Crippen molar-refractivity contribution in [1.29, 1.82) is 0 Å². The Morgan fingerprint density at radius 3 is 2.62 bits per heavy atom. The lowest BCUT2D eigenvalue weighted by Gasteiger charge is -2.06. The second-order valence-corrected chi connectivity index (χ2v) is 6.61. The molecule has 0 N–H and O–H groups in total. The number of aromatic nitrogens is 2. The number of fused-ring (bicyclic) bond motifs is 1. The van der Waals surface area contributed by atoms with E-state index in [0.717, 1.165) is 31.3 Å². The van der Waals surface area contributed by atoms with Gasteiger partial charge >= 0.3 is 0 Å². The van der Waals surface area contributed by atoms with Crippen molar-refractivity contribution in [2.75, 3.05) is 20.3 Å². The first-order valence-electron chi connectivity index (χ1n) is 6.41. The molecule has 3 rings (SSSR count). The number of rotatable bonds is 5. The lowest BCUT2D eigenvalue weighted by molar-refractivity contribution is 0.146. The molecule has 108 valence electrons. The summed E-state index contributed by atoms with van der Waals surface area (Å²) in [5, 5.41) is 0. The summed E-state index contributed by atoms with van der Waals surface area (Å²) in [4.78, 5) is 9.91. The third-order valence-electron chi connectivity index (χ3n) is 2.94. The summed E-state index contributed by atoms with van der Waals surface area (Å²) in [6, 6.07) is 11.9. The van der Waals surface area contributed by atoms with Crippen LogP contribution in [0.4, 0.5) is 0 Å². The van der Waals surface area contributed by atoms with E-state index in [4.69, 9.17) is 9.47 Å². The molecule has 0 amide bonds. The Kier molecular flexibility index (Phi) is 4.48. The minimum Gasteiger partial charge on any atom is -0.491 e. The molecule has 0 spiro atoms. The molecule has 0 aliphatic carbocycles. The Morgan fingerprint density at radius 1 is 1.05 bits per heavy atom. The Balaban J connectivity index is 1.81. The molecule has 6 heteroatoms. The van der Waals surface area contributed by atoms with E-state index in [2.05, 4.69) is 25.9 Å². The van der Waals surface area contributed by atoms with Gasteiger partial charge in [0, 0.05) is 12.7 Å². The molecule has 0 radical (unpaired) electrons. The highest BCUT2D eigenvalue weighted by molar-refractivity contribution is 9.11. The lowest BCUT2D eigenvalue weighted by Crippen LogP contribution is -2.03. The molecular formula is C15H13BrN2O2S. The van der Waals surface area contributed by atoms with Crippen LogP contribution >= 0.6 is 27.3 Å². The Labute approximate surface area is 134 Å². The second-order valence-electron chi connectivity index (χ2n) is 4.35. The van der Waals surface area contributed by atoms with Crippen LogP contribution in [0.25, 0.3) is 21.6 Å². The highest BCUT2D eigenvalue weighted by Gasteiger charge is 2.06. The molecule has 0 bridgehead atoms. The van der Waals surface area contributed by atoms with E-state index in [1.807, 2.05) is 36.4 Å². The van der Waals surface area contributed by atoms with Gasteiger partial charge in [-0.1, -0.05) is 11.3 Å². The predicted octanol–water partition coefficient (Wildman–Crippen LogP) is 4.15. The highest BCUT2D eigenvalue weighted by atomic mass is 79.9. The van der Waals surface area contributed by atoms with Gasteiger partial charge in [-0.25, -0.2) is 9.97 Å². The third kappa shape index (κ3) is 3.40. The van der Waals surface area contributed by atoms with E-state index < -0.39 is 0 Å². The van der Waals surface area contributed by atoms with Crippen molar-refractivity contribution >= 4 is 37.6 Å². The number of benzene rings is 1.